The number of rotatable bonds is 25. The molecular weight excluding hydrogens is 448 g/mol. The van der Waals surface area contributed by atoms with E-state index in [0.29, 0.717) is 12.8 Å². The minimum absolute atomic E-state index is 0.0985. The molecule has 4 nitrogen and oxygen atoms in total. The molecule has 0 bridgehead atoms. The van der Waals surface area contributed by atoms with Crippen molar-refractivity contribution in [2.75, 3.05) is 0 Å². The van der Waals surface area contributed by atoms with E-state index in [1.54, 1.807) is 0 Å². The Labute approximate surface area is 222 Å². The topological polar surface area (TPSA) is 63.6 Å². The van der Waals surface area contributed by atoms with E-state index in [2.05, 4.69) is 62.5 Å². The fourth-order valence-electron chi connectivity index (χ4n) is 3.90. The molecule has 0 spiro atoms. The van der Waals surface area contributed by atoms with Crippen molar-refractivity contribution in [2.24, 2.45) is 0 Å². The highest BCUT2D eigenvalue weighted by atomic mass is 16.5. The molecule has 0 fully saturated rings. The van der Waals surface area contributed by atoms with E-state index in [1.165, 1.54) is 57.8 Å². The summed E-state index contributed by atoms with van der Waals surface area (Å²) < 4.78 is 5.47. The Morgan fingerprint density at radius 1 is 0.639 bits per heavy atom. The van der Waals surface area contributed by atoms with E-state index >= 15 is 0 Å². The second-order valence-corrected chi connectivity index (χ2v) is 9.60. The number of unbranched alkanes of at least 4 members (excludes halogenated alkanes) is 10. The molecule has 0 saturated heterocycles. The molecule has 0 aromatic heterocycles. The maximum Gasteiger partial charge on any atom is 0.307 e. The zero-order chi connectivity index (χ0) is 26.5. The van der Waals surface area contributed by atoms with E-state index in [1.807, 2.05) is 0 Å². The van der Waals surface area contributed by atoms with Gasteiger partial charge in [0, 0.05) is 6.42 Å². The number of aliphatic carboxylic acids is 1. The standard InChI is InChI=1S/C32H54O4/c1-3-5-7-9-11-12-13-14-15-16-17-18-19-20-22-24-26-28-32(35)36-30(29-31(33)34)27-25-23-21-10-8-6-4-2/h11-12,14-15,17-18,20,22,30H,3-10,13,16,19,21,23-29H2,1-2H3,(H,33,34)/b12-11-,15-14-,18-17-,22-20-. The summed E-state index contributed by atoms with van der Waals surface area (Å²) in [6, 6.07) is 0. The van der Waals surface area contributed by atoms with Crippen LogP contribution < -0.4 is 0 Å². The van der Waals surface area contributed by atoms with Crippen LogP contribution in [0.2, 0.25) is 0 Å². The highest BCUT2D eigenvalue weighted by molar-refractivity contribution is 5.71. The summed E-state index contributed by atoms with van der Waals surface area (Å²) in [5, 5.41) is 9.12. The van der Waals surface area contributed by atoms with Crippen molar-refractivity contribution in [3.05, 3.63) is 48.6 Å². The first-order valence-corrected chi connectivity index (χ1v) is 14.6. The summed E-state index contributed by atoms with van der Waals surface area (Å²) in [4.78, 5) is 23.3. The molecule has 0 amide bonds. The molecule has 0 saturated carbocycles. The van der Waals surface area contributed by atoms with Crippen LogP contribution in [0.5, 0.6) is 0 Å². The van der Waals surface area contributed by atoms with E-state index in [4.69, 9.17) is 9.84 Å². The quantitative estimate of drug-likeness (QED) is 0.0766. The number of carbonyl (C=O) groups excluding carboxylic acids is 1. The summed E-state index contributed by atoms with van der Waals surface area (Å²) >= 11 is 0. The van der Waals surface area contributed by atoms with E-state index in [0.717, 1.165) is 44.9 Å². The van der Waals surface area contributed by atoms with Crippen LogP contribution in [0.4, 0.5) is 0 Å². The normalized spacial score (nSPS) is 12.9. The van der Waals surface area contributed by atoms with Crippen LogP contribution in [0.15, 0.2) is 48.6 Å². The highest BCUT2D eigenvalue weighted by Gasteiger charge is 2.17. The molecule has 1 N–H and O–H groups in total. The predicted molar refractivity (Wildman–Crippen MR) is 153 cm³/mol. The van der Waals surface area contributed by atoms with Crippen LogP contribution in [0.25, 0.3) is 0 Å². The second-order valence-electron chi connectivity index (χ2n) is 9.60. The molecule has 0 aliphatic carbocycles. The molecule has 206 valence electrons. The van der Waals surface area contributed by atoms with Crippen molar-refractivity contribution in [3.8, 4) is 0 Å². The van der Waals surface area contributed by atoms with Gasteiger partial charge in [0.15, 0.2) is 0 Å². The molecule has 1 atom stereocenters. The second kappa shape index (κ2) is 27.5. The number of carbonyl (C=O) groups is 2. The van der Waals surface area contributed by atoms with Crippen LogP contribution >= 0.6 is 0 Å². The maximum absolute atomic E-state index is 12.1. The van der Waals surface area contributed by atoms with Crippen LogP contribution in [0, 0.1) is 0 Å². The molecule has 0 aromatic carbocycles. The van der Waals surface area contributed by atoms with Gasteiger partial charge >= 0.3 is 11.9 Å². The summed E-state index contributed by atoms with van der Waals surface area (Å²) in [6.07, 6.45) is 35.6. The van der Waals surface area contributed by atoms with E-state index in [9.17, 15) is 9.59 Å². The van der Waals surface area contributed by atoms with Crippen LogP contribution in [-0.4, -0.2) is 23.1 Å². The molecule has 36 heavy (non-hydrogen) atoms. The summed E-state index contributed by atoms with van der Waals surface area (Å²) in [5.41, 5.74) is 0. The number of allylic oxidation sites excluding steroid dienone is 8. The van der Waals surface area contributed by atoms with Gasteiger partial charge in [0.05, 0.1) is 6.42 Å². The summed E-state index contributed by atoms with van der Waals surface area (Å²) in [6.45, 7) is 4.44. The molecule has 0 rings (SSSR count). The third-order valence-electron chi connectivity index (χ3n) is 6.04. The number of carboxylic acid groups (broad SMARTS) is 1. The first-order valence-electron chi connectivity index (χ1n) is 14.6. The minimum Gasteiger partial charge on any atom is -0.481 e. The molecule has 0 aliphatic rings. The first-order chi connectivity index (χ1) is 17.6. The van der Waals surface area contributed by atoms with Crippen LogP contribution in [0.1, 0.15) is 136 Å². The lowest BCUT2D eigenvalue weighted by atomic mass is 10.0. The predicted octanol–water partition coefficient (Wildman–Crippen LogP) is 9.66. The van der Waals surface area contributed by atoms with Crippen LogP contribution in [-0.2, 0) is 14.3 Å². The average Bonchev–Trinajstić information content (AvgIpc) is 2.85. The lowest BCUT2D eigenvalue weighted by Gasteiger charge is -2.16. The molecule has 0 aliphatic heterocycles. The molecule has 1 unspecified atom stereocenters. The largest absolute Gasteiger partial charge is 0.481 e. The van der Waals surface area contributed by atoms with Crippen molar-refractivity contribution in [2.45, 2.75) is 142 Å². The Balaban J connectivity index is 3.85. The van der Waals surface area contributed by atoms with Gasteiger partial charge in [0.1, 0.15) is 6.10 Å². The van der Waals surface area contributed by atoms with Gasteiger partial charge in [-0.1, -0.05) is 114 Å². The van der Waals surface area contributed by atoms with Gasteiger partial charge in [-0.2, -0.15) is 0 Å². The SMILES string of the molecule is CCCCC/C=C\C/C=C\C/C=C\C/C=C\CCCC(=O)OC(CCCCCCCCC)CC(=O)O. The Morgan fingerprint density at radius 2 is 1.11 bits per heavy atom. The zero-order valence-electron chi connectivity index (χ0n) is 23.3. The molecule has 0 aromatic rings. The molecule has 0 heterocycles. The van der Waals surface area contributed by atoms with Gasteiger partial charge in [-0.05, 0) is 57.8 Å². The maximum atomic E-state index is 12.1. The van der Waals surface area contributed by atoms with Crippen molar-refractivity contribution in [1.82, 2.24) is 0 Å². The Morgan fingerprint density at radius 3 is 1.67 bits per heavy atom. The number of hydrogen-bond acceptors (Lipinski definition) is 3. The molecule has 0 radical (unpaired) electrons. The average molecular weight is 503 g/mol. The summed E-state index contributed by atoms with van der Waals surface area (Å²) in [5.74, 6) is -1.18. The zero-order valence-corrected chi connectivity index (χ0v) is 23.3. The van der Waals surface area contributed by atoms with Gasteiger partial charge in [-0.15, -0.1) is 0 Å². The van der Waals surface area contributed by atoms with Crippen molar-refractivity contribution >= 4 is 11.9 Å². The van der Waals surface area contributed by atoms with E-state index < -0.39 is 12.1 Å². The van der Waals surface area contributed by atoms with Gasteiger partial charge in [0.25, 0.3) is 0 Å². The smallest absolute Gasteiger partial charge is 0.307 e. The first kappa shape index (κ1) is 33.9. The monoisotopic (exact) mass is 502 g/mol. The minimum atomic E-state index is -0.906. The van der Waals surface area contributed by atoms with Gasteiger partial charge in [-0.3, -0.25) is 9.59 Å². The highest BCUT2D eigenvalue weighted by Crippen LogP contribution is 2.15. The van der Waals surface area contributed by atoms with Crippen molar-refractivity contribution < 1.29 is 19.4 Å². The summed E-state index contributed by atoms with van der Waals surface area (Å²) in [7, 11) is 0. The van der Waals surface area contributed by atoms with Crippen molar-refractivity contribution in [1.29, 1.82) is 0 Å². The fraction of sp³-hybridized carbons (Fsp3) is 0.688. The molecule has 4 heteroatoms. The third-order valence-corrected chi connectivity index (χ3v) is 6.04. The third kappa shape index (κ3) is 26.5. The lowest BCUT2D eigenvalue weighted by Crippen LogP contribution is -2.21. The van der Waals surface area contributed by atoms with Crippen LogP contribution in [0.3, 0.4) is 0 Å². The lowest BCUT2D eigenvalue weighted by molar-refractivity contribution is -0.153. The Hall–Kier alpha value is -2.10. The van der Waals surface area contributed by atoms with Gasteiger partial charge in [0.2, 0.25) is 0 Å². The number of hydrogen-bond donors (Lipinski definition) is 1. The molecular formula is C32H54O4. The van der Waals surface area contributed by atoms with Gasteiger partial charge < -0.3 is 9.84 Å². The van der Waals surface area contributed by atoms with E-state index in [-0.39, 0.29) is 12.4 Å². The fourth-order valence-corrected chi connectivity index (χ4v) is 3.90. The van der Waals surface area contributed by atoms with Gasteiger partial charge in [-0.25, -0.2) is 0 Å². The Bertz CT molecular complexity index is 630. The van der Waals surface area contributed by atoms with Crippen molar-refractivity contribution in [3.63, 3.8) is 0 Å². The number of ether oxygens (including phenoxy) is 1. The number of esters is 1. The Kier molecular flexibility index (Phi) is 25.9. The number of carboxylic acids is 1.